The maximum atomic E-state index is 13.3. The summed E-state index contributed by atoms with van der Waals surface area (Å²) in [5.74, 6) is -1.32. The Labute approximate surface area is 241 Å². The van der Waals surface area contributed by atoms with Gasteiger partial charge in [0.25, 0.3) is 11.8 Å². The third-order valence-corrected chi connectivity index (χ3v) is 10.3. The van der Waals surface area contributed by atoms with E-state index in [1.165, 1.54) is 53.9 Å². The molecule has 5 amide bonds. The molecule has 0 unspecified atom stereocenters. The van der Waals surface area contributed by atoms with E-state index in [4.69, 9.17) is 0 Å². The molecule has 214 valence electrons. The van der Waals surface area contributed by atoms with Crippen LogP contribution in [0.1, 0.15) is 49.2 Å². The molecule has 3 aromatic rings. The lowest BCUT2D eigenvalue weighted by Gasteiger charge is -2.28. The van der Waals surface area contributed by atoms with Crippen LogP contribution in [0.4, 0.5) is 9.80 Å². The number of nitrogens with zero attached hydrogens (tertiary/aromatic N) is 2. The zero-order valence-electron chi connectivity index (χ0n) is 22.5. The Hall–Kier alpha value is -4.07. The first-order valence-corrected chi connectivity index (χ1v) is 15.3. The number of rotatable bonds is 5. The number of hydrogen-bond donors (Lipinski definition) is 3. The minimum absolute atomic E-state index is 0.0787. The molecular formula is C28H29N5O6S2. The van der Waals surface area contributed by atoms with Crippen LogP contribution in [0, 0.1) is 0 Å². The summed E-state index contributed by atoms with van der Waals surface area (Å²) in [5.41, 5.74) is 3.16. The number of nitrogens with one attached hydrogen (secondary N) is 3. The number of hydrogen-bond acceptors (Lipinski definition) is 7. The average Bonchev–Trinajstić information content (AvgIpc) is 3.33. The zero-order valence-corrected chi connectivity index (χ0v) is 24.2. The molecule has 0 fully saturated rings. The molecule has 0 atom stereocenters. The molecule has 0 bridgehead atoms. The van der Waals surface area contributed by atoms with Crippen LogP contribution >= 0.6 is 11.3 Å². The van der Waals surface area contributed by atoms with E-state index in [-0.39, 0.29) is 33.5 Å². The summed E-state index contributed by atoms with van der Waals surface area (Å²) in [6.07, 6.45) is 1.02. The number of fused-ring (bicyclic) bond motifs is 2. The fourth-order valence-electron chi connectivity index (χ4n) is 5.01. The Morgan fingerprint density at radius 1 is 0.878 bits per heavy atom. The van der Waals surface area contributed by atoms with E-state index >= 15 is 0 Å². The third kappa shape index (κ3) is 5.73. The average molecular weight is 596 g/mol. The van der Waals surface area contributed by atoms with Crippen LogP contribution < -0.4 is 16.0 Å². The van der Waals surface area contributed by atoms with Crippen LogP contribution in [0.25, 0.3) is 0 Å². The molecule has 11 nitrogen and oxygen atoms in total. The van der Waals surface area contributed by atoms with E-state index in [1.54, 1.807) is 4.90 Å². The first-order chi connectivity index (χ1) is 19.6. The summed E-state index contributed by atoms with van der Waals surface area (Å²) in [4.78, 5) is 52.4. The Balaban J connectivity index is 1.36. The highest BCUT2D eigenvalue weighted by molar-refractivity contribution is 7.89. The summed E-state index contributed by atoms with van der Waals surface area (Å²) in [7, 11) is -2.39. The number of benzene rings is 2. The van der Waals surface area contributed by atoms with Gasteiger partial charge in [0.05, 0.1) is 17.0 Å². The van der Waals surface area contributed by atoms with Crippen molar-refractivity contribution in [3.8, 4) is 0 Å². The van der Waals surface area contributed by atoms with Crippen LogP contribution in [0.2, 0.25) is 0 Å². The van der Waals surface area contributed by atoms with Crippen molar-refractivity contribution in [3.05, 3.63) is 81.2 Å². The molecule has 41 heavy (non-hydrogen) atoms. The van der Waals surface area contributed by atoms with Gasteiger partial charge in [-0.05, 0) is 53.8 Å². The van der Waals surface area contributed by atoms with E-state index in [9.17, 15) is 27.6 Å². The smallest absolute Gasteiger partial charge is 0.321 e. The predicted molar refractivity (Wildman–Crippen MR) is 153 cm³/mol. The van der Waals surface area contributed by atoms with Crippen molar-refractivity contribution in [1.82, 2.24) is 19.8 Å². The second kappa shape index (κ2) is 11.4. The van der Waals surface area contributed by atoms with Crippen molar-refractivity contribution in [2.75, 3.05) is 25.5 Å². The number of carbonyl (C=O) groups excluding carboxylic acids is 4. The topological polar surface area (TPSA) is 145 Å². The van der Waals surface area contributed by atoms with Gasteiger partial charge in [-0.3, -0.25) is 19.7 Å². The van der Waals surface area contributed by atoms with Gasteiger partial charge in [0.15, 0.2) is 0 Å². The first kappa shape index (κ1) is 28.5. The highest BCUT2D eigenvalue weighted by atomic mass is 32.2. The van der Waals surface area contributed by atoms with E-state index in [0.29, 0.717) is 38.0 Å². The summed E-state index contributed by atoms with van der Waals surface area (Å²) in [5, 5.41) is 7.58. The summed E-state index contributed by atoms with van der Waals surface area (Å²) >= 11 is 1.17. The second-order valence-electron chi connectivity index (χ2n) is 9.77. The molecule has 1 aromatic heterocycles. The Morgan fingerprint density at radius 2 is 1.59 bits per heavy atom. The van der Waals surface area contributed by atoms with Crippen LogP contribution in [-0.2, 0) is 40.7 Å². The monoisotopic (exact) mass is 595 g/mol. The quantitative estimate of drug-likeness (QED) is 0.414. The first-order valence-electron chi connectivity index (χ1n) is 13.0. The molecule has 0 spiro atoms. The molecule has 0 saturated heterocycles. The SMILES string of the molecule is CNC(=O)NC(=O)c1c(NC(=O)c2ccc(S(=O)(=O)N3CCc4ccccc4C3)cc2)sc2c1CCN(C(C)=O)C2. The number of imide groups is 1. The molecule has 0 radical (unpaired) electrons. The van der Waals surface area contributed by atoms with Crippen LogP contribution in [0.5, 0.6) is 0 Å². The maximum Gasteiger partial charge on any atom is 0.321 e. The van der Waals surface area contributed by atoms with Crippen molar-refractivity contribution in [3.63, 3.8) is 0 Å². The second-order valence-corrected chi connectivity index (χ2v) is 12.8. The van der Waals surface area contributed by atoms with Gasteiger partial charge < -0.3 is 15.5 Å². The number of anilines is 1. The highest BCUT2D eigenvalue weighted by Crippen LogP contribution is 2.37. The molecule has 2 aromatic carbocycles. The van der Waals surface area contributed by atoms with Crippen molar-refractivity contribution in [2.24, 2.45) is 0 Å². The minimum atomic E-state index is -3.77. The standard InChI is InChI=1S/C28H29N5O6S2/c1-17(34)32-13-12-22-23(16-32)40-27(24(22)26(36)31-28(37)29-2)30-25(35)19-7-9-21(10-8-19)41(38,39)33-14-11-18-5-3-4-6-20(18)15-33/h3-10H,11-16H2,1-2H3,(H,30,35)(H2,29,31,36,37). The van der Waals surface area contributed by atoms with Gasteiger partial charge in [-0.1, -0.05) is 24.3 Å². The Bertz CT molecular complexity index is 1650. The fraction of sp³-hybridized carbons (Fsp3) is 0.286. The van der Waals surface area contributed by atoms with Crippen LogP contribution in [0.15, 0.2) is 53.4 Å². The third-order valence-electron chi connectivity index (χ3n) is 7.26. The van der Waals surface area contributed by atoms with Gasteiger partial charge in [-0.15, -0.1) is 11.3 Å². The number of urea groups is 1. The lowest BCUT2D eigenvalue weighted by molar-refractivity contribution is -0.129. The lowest BCUT2D eigenvalue weighted by Crippen LogP contribution is -2.39. The van der Waals surface area contributed by atoms with E-state index in [0.717, 1.165) is 16.0 Å². The number of carbonyl (C=O) groups is 4. The molecule has 5 rings (SSSR count). The Kier molecular flexibility index (Phi) is 7.93. The largest absolute Gasteiger partial charge is 0.341 e. The van der Waals surface area contributed by atoms with Crippen molar-refractivity contribution in [1.29, 1.82) is 0 Å². The Morgan fingerprint density at radius 3 is 2.27 bits per heavy atom. The molecule has 0 saturated carbocycles. The predicted octanol–water partition coefficient (Wildman–Crippen LogP) is 2.72. The fourth-order valence-corrected chi connectivity index (χ4v) is 7.68. The molecular weight excluding hydrogens is 566 g/mol. The maximum absolute atomic E-state index is 13.3. The van der Waals surface area contributed by atoms with Gasteiger partial charge in [-0.2, -0.15) is 4.31 Å². The van der Waals surface area contributed by atoms with Crippen molar-refractivity contribution in [2.45, 2.75) is 37.8 Å². The minimum Gasteiger partial charge on any atom is -0.341 e. The normalized spacial score (nSPS) is 14.9. The van der Waals surface area contributed by atoms with Gasteiger partial charge in [0.1, 0.15) is 5.00 Å². The van der Waals surface area contributed by atoms with E-state index < -0.39 is 27.9 Å². The summed E-state index contributed by atoms with van der Waals surface area (Å²) < 4.78 is 28.1. The number of amides is 5. The van der Waals surface area contributed by atoms with Gasteiger partial charge in [0.2, 0.25) is 15.9 Å². The molecule has 13 heteroatoms. The zero-order chi connectivity index (χ0) is 29.3. The van der Waals surface area contributed by atoms with Gasteiger partial charge in [0, 0.05) is 44.0 Å². The highest BCUT2D eigenvalue weighted by Gasteiger charge is 2.31. The lowest BCUT2D eigenvalue weighted by atomic mass is 10.0. The van der Waals surface area contributed by atoms with Gasteiger partial charge >= 0.3 is 6.03 Å². The van der Waals surface area contributed by atoms with E-state index in [2.05, 4.69) is 16.0 Å². The van der Waals surface area contributed by atoms with Crippen LogP contribution in [0.3, 0.4) is 0 Å². The molecule has 0 aliphatic carbocycles. The molecule has 3 heterocycles. The summed E-state index contributed by atoms with van der Waals surface area (Å²) in [6, 6.07) is 12.7. The van der Waals surface area contributed by atoms with Gasteiger partial charge in [-0.25, -0.2) is 13.2 Å². The number of thiophene rings is 1. The van der Waals surface area contributed by atoms with E-state index in [1.807, 2.05) is 24.3 Å². The summed E-state index contributed by atoms with van der Waals surface area (Å²) in [6.45, 7) is 2.82. The van der Waals surface area contributed by atoms with Crippen molar-refractivity contribution >= 4 is 50.1 Å². The van der Waals surface area contributed by atoms with Crippen LogP contribution in [-0.4, -0.2) is 61.5 Å². The molecule has 2 aliphatic heterocycles. The number of sulfonamides is 1. The molecule has 2 aliphatic rings. The molecule has 3 N–H and O–H groups in total. The van der Waals surface area contributed by atoms with Crippen molar-refractivity contribution < 1.29 is 27.6 Å².